The summed E-state index contributed by atoms with van der Waals surface area (Å²) in [6.07, 6.45) is 2.57. The lowest BCUT2D eigenvalue weighted by Crippen LogP contribution is -2.50. The minimum absolute atomic E-state index is 0.0389. The van der Waals surface area contributed by atoms with E-state index in [0.29, 0.717) is 34.5 Å². The number of carbonyl (C=O) groups is 2. The van der Waals surface area contributed by atoms with Crippen LogP contribution in [-0.2, 0) is 26.2 Å². The molecular weight excluding hydrogens is 561 g/mol. The van der Waals surface area contributed by atoms with Crippen molar-refractivity contribution < 1.29 is 22.7 Å². The fourth-order valence-corrected chi connectivity index (χ4v) is 5.41. The lowest BCUT2D eigenvalue weighted by Gasteiger charge is -2.32. The Kier molecular flexibility index (Phi) is 12.9. The van der Waals surface area contributed by atoms with Gasteiger partial charge in [-0.3, -0.25) is 13.9 Å². The molecule has 11 heteroatoms. The third kappa shape index (κ3) is 9.58. The minimum Gasteiger partial charge on any atom is -0.492 e. The number of halogens is 2. The van der Waals surface area contributed by atoms with Gasteiger partial charge in [-0.2, -0.15) is 0 Å². The molecule has 0 bridgehead atoms. The number of nitrogens with one attached hydrogen (secondary N) is 1. The maximum atomic E-state index is 13.6. The Balaban J connectivity index is 2.29. The third-order valence-electron chi connectivity index (χ3n) is 6.31. The summed E-state index contributed by atoms with van der Waals surface area (Å²) in [4.78, 5) is 28.3. The summed E-state index contributed by atoms with van der Waals surface area (Å²) in [7, 11) is -3.65. The highest BCUT2D eigenvalue weighted by Crippen LogP contribution is 2.30. The fraction of sp³-hybridized carbons (Fsp3) is 0.500. The molecule has 0 fully saturated rings. The molecule has 0 heterocycles. The van der Waals surface area contributed by atoms with Crippen molar-refractivity contribution >= 4 is 50.7 Å². The topological polar surface area (TPSA) is 96.0 Å². The molecule has 0 aliphatic carbocycles. The van der Waals surface area contributed by atoms with Crippen LogP contribution in [0.3, 0.4) is 0 Å². The van der Waals surface area contributed by atoms with Crippen molar-refractivity contribution in [3.05, 3.63) is 58.1 Å². The van der Waals surface area contributed by atoms with Crippen LogP contribution in [0.5, 0.6) is 5.75 Å². The summed E-state index contributed by atoms with van der Waals surface area (Å²) in [5.74, 6) is -0.0480. The van der Waals surface area contributed by atoms with E-state index >= 15 is 0 Å². The average molecular weight is 601 g/mol. The number of hydrogen-bond donors (Lipinski definition) is 1. The Morgan fingerprint density at radius 1 is 1.03 bits per heavy atom. The lowest BCUT2D eigenvalue weighted by molar-refractivity contribution is -0.141. The molecular formula is C28H39Cl2N3O5S. The summed E-state index contributed by atoms with van der Waals surface area (Å²) in [6, 6.07) is 11.3. The third-order valence-corrected chi connectivity index (χ3v) is 8.23. The molecule has 0 spiro atoms. The highest BCUT2D eigenvalue weighted by Gasteiger charge is 2.30. The molecule has 8 nitrogen and oxygen atoms in total. The molecule has 0 saturated heterocycles. The molecule has 2 rings (SSSR count). The van der Waals surface area contributed by atoms with Crippen LogP contribution in [0.4, 0.5) is 5.69 Å². The molecule has 0 unspecified atom stereocenters. The standard InChI is InChI=1S/C28H39Cl2N3O5S/c1-6-20(4)31-28(35)24(7-2)32(19-21-15-16-22(29)23(30)18-21)27(34)14-11-17-33(39(5,36)37)25-12-9-10-13-26(25)38-8-3/h9-10,12-13,15-16,18,20,24H,6-8,11,14,17,19H2,1-5H3,(H,31,35)/t20-,24-/m1/s1. The molecule has 0 radical (unpaired) electrons. The van der Waals surface area contributed by atoms with Gasteiger partial charge in [-0.15, -0.1) is 0 Å². The second kappa shape index (κ2) is 15.3. The highest BCUT2D eigenvalue weighted by atomic mass is 35.5. The molecule has 0 aromatic heterocycles. The lowest BCUT2D eigenvalue weighted by atomic mass is 10.1. The molecule has 2 atom stereocenters. The zero-order valence-electron chi connectivity index (χ0n) is 23.2. The van der Waals surface area contributed by atoms with E-state index in [1.807, 2.05) is 27.7 Å². The minimum atomic E-state index is -3.65. The first-order valence-corrected chi connectivity index (χ1v) is 15.8. The van der Waals surface area contributed by atoms with Crippen molar-refractivity contribution in [2.24, 2.45) is 0 Å². The first-order valence-electron chi connectivity index (χ1n) is 13.2. The maximum Gasteiger partial charge on any atom is 0.243 e. The van der Waals surface area contributed by atoms with Crippen molar-refractivity contribution in [1.29, 1.82) is 0 Å². The van der Waals surface area contributed by atoms with Gasteiger partial charge >= 0.3 is 0 Å². The van der Waals surface area contributed by atoms with E-state index in [0.717, 1.165) is 18.2 Å². The maximum absolute atomic E-state index is 13.6. The Labute approximate surface area is 242 Å². The highest BCUT2D eigenvalue weighted by molar-refractivity contribution is 7.92. The Morgan fingerprint density at radius 3 is 2.31 bits per heavy atom. The number of nitrogens with zero attached hydrogens (tertiary/aromatic N) is 2. The van der Waals surface area contributed by atoms with Gasteiger partial charge in [0.15, 0.2) is 0 Å². The quantitative estimate of drug-likeness (QED) is 0.285. The normalized spacial score (nSPS) is 12.9. The molecule has 2 aromatic rings. The molecule has 0 saturated carbocycles. The number of rotatable bonds is 15. The summed E-state index contributed by atoms with van der Waals surface area (Å²) in [5, 5.41) is 3.73. The van der Waals surface area contributed by atoms with E-state index in [1.165, 1.54) is 9.21 Å². The van der Waals surface area contributed by atoms with E-state index in [-0.39, 0.29) is 43.8 Å². The summed E-state index contributed by atoms with van der Waals surface area (Å²) in [6.45, 7) is 8.18. The Morgan fingerprint density at radius 2 is 1.72 bits per heavy atom. The van der Waals surface area contributed by atoms with Crippen molar-refractivity contribution in [3.63, 3.8) is 0 Å². The van der Waals surface area contributed by atoms with Gasteiger partial charge in [0, 0.05) is 25.6 Å². The average Bonchev–Trinajstić information content (AvgIpc) is 2.88. The van der Waals surface area contributed by atoms with Crippen LogP contribution in [0.15, 0.2) is 42.5 Å². The van der Waals surface area contributed by atoms with Gasteiger partial charge in [-0.25, -0.2) is 8.42 Å². The molecule has 0 aliphatic heterocycles. The van der Waals surface area contributed by atoms with E-state index < -0.39 is 16.1 Å². The molecule has 39 heavy (non-hydrogen) atoms. The van der Waals surface area contributed by atoms with Crippen molar-refractivity contribution in [1.82, 2.24) is 10.2 Å². The predicted octanol–water partition coefficient (Wildman–Crippen LogP) is 5.66. The van der Waals surface area contributed by atoms with Crippen molar-refractivity contribution in [2.45, 2.75) is 72.0 Å². The van der Waals surface area contributed by atoms with Crippen molar-refractivity contribution in [3.8, 4) is 5.75 Å². The molecule has 2 aromatic carbocycles. The van der Waals surface area contributed by atoms with Gasteiger partial charge < -0.3 is 15.0 Å². The van der Waals surface area contributed by atoms with Gasteiger partial charge in [0.2, 0.25) is 21.8 Å². The van der Waals surface area contributed by atoms with Crippen LogP contribution in [0.2, 0.25) is 10.0 Å². The number of amides is 2. The number of para-hydroxylation sites is 2. The van der Waals surface area contributed by atoms with E-state index in [4.69, 9.17) is 27.9 Å². The number of benzene rings is 2. The van der Waals surface area contributed by atoms with Crippen LogP contribution in [0, 0.1) is 0 Å². The van der Waals surface area contributed by atoms with Gasteiger partial charge in [0.25, 0.3) is 0 Å². The van der Waals surface area contributed by atoms with E-state index in [1.54, 1.807) is 42.5 Å². The van der Waals surface area contributed by atoms with Gasteiger partial charge in [-0.05, 0) is 62.9 Å². The number of hydrogen-bond acceptors (Lipinski definition) is 5. The number of carbonyl (C=O) groups excluding carboxylic acids is 2. The van der Waals surface area contributed by atoms with Crippen LogP contribution < -0.4 is 14.4 Å². The first kappa shape index (κ1) is 32.7. The van der Waals surface area contributed by atoms with E-state index in [2.05, 4.69) is 5.32 Å². The largest absolute Gasteiger partial charge is 0.492 e. The predicted molar refractivity (Wildman–Crippen MR) is 158 cm³/mol. The summed E-state index contributed by atoms with van der Waals surface area (Å²) < 4.78 is 32.2. The molecule has 1 N–H and O–H groups in total. The number of ether oxygens (including phenoxy) is 1. The number of anilines is 1. The fourth-order valence-electron chi connectivity index (χ4n) is 4.12. The van der Waals surface area contributed by atoms with E-state index in [9.17, 15) is 18.0 Å². The zero-order chi connectivity index (χ0) is 29.2. The summed E-state index contributed by atoms with van der Waals surface area (Å²) >= 11 is 12.3. The van der Waals surface area contributed by atoms with Gasteiger partial charge in [0.05, 0.1) is 28.6 Å². The SMILES string of the molecule is CCOc1ccccc1N(CCCC(=O)N(Cc1ccc(Cl)c(Cl)c1)[C@H](CC)C(=O)N[C@H](C)CC)S(C)(=O)=O. The van der Waals surface area contributed by atoms with Crippen LogP contribution >= 0.6 is 23.2 Å². The molecule has 0 aliphatic rings. The van der Waals surface area contributed by atoms with Gasteiger partial charge in [0.1, 0.15) is 11.8 Å². The van der Waals surface area contributed by atoms with Crippen molar-refractivity contribution in [2.75, 3.05) is 23.7 Å². The second-order valence-corrected chi connectivity index (χ2v) is 12.1. The molecule has 216 valence electrons. The molecule has 2 amide bonds. The van der Waals surface area contributed by atoms with Gasteiger partial charge in [-0.1, -0.05) is 55.2 Å². The number of sulfonamides is 1. The van der Waals surface area contributed by atoms with Crippen LogP contribution in [-0.4, -0.2) is 56.6 Å². The van der Waals surface area contributed by atoms with Crippen LogP contribution in [0.1, 0.15) is 58.9 Å². The van der Waals surface area contributed by atoms with Crippen LogP contribution in [0.25, 0.3) is 0 Å². The second-order valence-electron chi connectivity index (χ2n) is 9.35. The Hall–Kier alpha value is -2.49. The zero-order valence-corrected chi connectivity index (χ0v) is 25.6. The monoisotopic (exact) mass is 599 g/mol. The summed E-state index contributed by atoms with van der Waals surface area (Å²) in [5.41, 5.74) is 1.15. The smallest absolute Gasteiger partial charge is 0.243 e. The first-order chi connectivity index (χ1) is 18.4. The Bertz CT molecular complexity index is 1230.